The predicted molar refractivity (Wildman–Crippen MR) is 80.9 cm³/mol. The number of hydrogen-bond donors (Lipinski definition) is 1. The first-order valence-electron chi connectivity index (χ1n) is 7.33. The number of thioether (sulfide) groups is 1. The molecule has 2 heterocycles. The van der Waals surface area contributed by atoms with E-state index in [0.29, 0.717) is 11.3 Å². The zero-order chi connectivity index (χ0) is 13.1. The molecule has 1 aromatic carbocycles. The Bertz CT molecular complexity index is 429. The number of benzene rings is 1. The molecule has 3 rings (SSSR count). The fourth-order valence-electron chi connectivity index (χ4n) is 3.33. The van der Waals surface area contributed by atoms with Gasteiger partial charge in [0.2, 0.25) is 0 Å². The maximum Gasteiger partial charge on any atom is 0.0535 e. The zero-order valence-corrected chi connectivity index (χ0v) is 12.5. The Morgan fingerprint density at radius 1 is 1.42 bits per heavy atom. The van der Waals surface area contributed by atoms with Gasteiger partial charge >= 0.3 is 0 Å². The molecule has 0 aliphatic carbocycles. The molecule has 2 aliphatic heterocycles. The molecule has 2 atom stereocenters. The normalized spacial score (nSPS) is 29.6. The van der Waals surface area contributed by atoms with Crippen LogP contribution in [0.1, 0.15) is 31.2 Å². The lowest BCUT2D eigenvalue weighted by atomic mass is 9.77. The van der Waals surface area contributed by atoms with Crippen LogP contribution >= 0.6 is 11.8 Å². The van der Waals surface area contributed by atoms with Gasteiger partial charge in [0.15, 0.2) is 0 Å². The average molecular weight is 277 g/mol. The molecule has 104 valence electrons. The number of nitrogens with one attached hydrogen (secondary N) is 1. The Hall–Kier alpha value is -0.510. The van der Waals surface area contributed by atoms with Crippen molar-refractivity contribution in [1.29, 1.82) is 0 Å². The predicted octanol–water partition coefficient (Wildman–Crippen LogP) is 3.28. The van der Waals surface area contributed by atoms with E-state index < -0.39 is 0 Å². The average Bonchev–Trinajstić information content (AvgIpc) is 3.06. The molecular formula is C16H23NOS. The van der Waals surface area contributed by atoms with Crippen molar-refractivity contribution >= 4 is 11.8 Å². The van der Waals surface area contributed by atoms with Crippen LogP contribution in [0.5, 0.6) is 0 Å². The smallest absolute Gasteiger partial charge is 0.0535 e. The highest BCUT2D eigenvalue weighted by Crippen LogP contribution is 2.46. The van der Waals surface area contributed by atoms with Crippen molar-refractivity contribution in [2.75, 3.05) is 32.1 Å². The van der Waals surface area contributed by atoms with Gasteiger partial charge in [-0.2, -0.15) is 0 Å². The van der Waals surface area contributed by atoms with Crippen LogP contribution in [0.4, 0.5) is 0 Å². The van der Waals surface area contributed by atoms with Crippen LogP contribution in [0.3, 0.4) is 0 Å². The molecule has 1 N–H and O–H groups in total. The summed E-state index contributed by atoms with van der Waals surface area (Å²) in [5.74, 6) is 1.95. The number of rotatable bonds is 5. The van der Waals surface area contributed by atoms with Crippen molar-refractivity contribution in [1.82, 2.24) is 5.32 Å². The molecular weight excluding hydrogens is 254 g/mol. The summed E-state index contributed by atoms with van der Waals surface area (Å²) in [5, 5.41) is 3.54. The van der Waals surface area contributed by atoms with E-state index in [1.807, 2.05) is 11.8 Å². The Kier molecular flexibility index (Phi) is 4.15. The minimum Gasteiger partial charge on any atom is -0.381 e. The largest absolute Gasteiger partial charge is 0.381 e. The van der Waals surface area contributed by atoms with E-state index in [0.717, 1.165) is 26.3 Å². The van der Waals surface area contributed by atoms with Gasteiger partial charge < -0.3 is 10.1 Å². The number of fused-ring (bicyclic) bond motifs is 1. The van der Waals surface area contributed by atoms with Crippen molar-refractivity contribution in [3.8, 4) is 0 Å². The molecule has 19 heavy (non-hydrogen) atoms. The van der Waals surface area contributed by atoms with Crippen LogP contribution in [-0.4, -0.2) is 32.1 Å². The summed E-state index contributed by atoms with van der Waals surface area (Å²) in [4.78, 5) is 1.49. The minimum absolute atomic E-state index is 0.360. The van der Waals surface area contributed by atoms with E-state index >= 15 is 0 Å². The molecule has 0 spiro atoms. The maximum absolute atomic E-state index is 5.71. The van der Waals surface area contributed by atoms with Crippen LogP contribution in [0.2, 0.25) is 0 Å². The van der Waals surface area contributed by atoms with E-state index in [1.54, 1.807) is 5.56 Å². The van der Waals surface area contributed by atoms with Crippen LogP contribution in [-0.2, 0) is 4.74 Å². The van der Waals surface area contributed by atoms with Crippen LogP contribution in [0.15, 0.2) is 29.2 Å². The summed E-state index contributed by atoms with van der Waals surface area (Å²) >= 11 is 2.02. The maximum atomic E-state index is 5.71. The Labute approximate surface area is 120 Å². The molecule has 3 heteroatoms. The summed E-state index contributed by atoms with van der Waals surface area (Å²) in [6, 6.07) is 8.92. The summed E-state index contributed by atoms with van der Waals surface area (Å²) in [7, 11) is 0. The summed E-state index contributed by atoms with van der Waals surface area (Å²) in [6.45, 7) is 6.21. The van der Waals surface area contributed by atoms with Gasteiger partial charge in [-0.3, -0.25) is 0 Å². The van der Waals surface area contributed by atoms with E-state index in [9.17, 15) is 0 Å². The third-order valence-electron chi connectivity index (χ3n) is 4.41. The Morgan fingerprint density at radius 2 is 2.32 bits per heavy atom. The molecule has 0 radical (unpaired) electrons. The number of hydrogen-bond acceptors (Lipinski definition) is 3. The van der Waals surface area contributed by atoms with Crippen molar-refractivity contribution in [3.63, 3.8) is 0 Å². The second-order valence-electron chi connectivity index (χ2n) is 5.83. The zero-order valence-electron chi connectivity index (χ0n) is 11.7. The molecule has 0 aromatic heterocycles. The second kappa shape index (κ2) is 5.86. The van der Waals surface area contributed by atoms with Gasteiger partial charge in [-0.25, -0.2) is 0 Å². The highest BCUT2D eigenvalue weighted by Gasteiger charge is 2.38. The third-order valence-corrected chi connectivity index (χ3v) is 5.67. The van der Waals surface area contributed by atoms with Gasteiger partial charge in [0.1, 0.15) is 0 Å². The van der Waals surface area contributed by atoms with Crippen molar-refractivity contribution in [2.45, 2.75) is 30.6 Å². The first-order chi connectivity index (χ1) is 9.33. The van der Waals surface area contributed by atoms with Crippen LogP contribution in [0, 0.1) is 5.41 Å². The summed E-state index contributed by atoms with van der Waals surface area (Å²) in [5.41, 5.74) is 1.92. The van der Waals surface area contributed by atoms with E-state index in [1.165, 1.54) is 23.5 Å². The topological polar surface area (TPSA) is 21.3 Å². The van der Waals surface area contributed by atoms with Crippen LogP contribution in [0.25, 0.3) is 0 Å². The first kappa shape index (κ1) is 13.5. The first-order valence-corrected chi connectivity index (χ1v) is 8.32. The lowest BCUT2D eigenvalue weighted by Crippen LogP contribution is -2.36. The Balaban J connectivity index is 1.73. The third kappa shape index (κ3) is 2.83. The lowest BCUT2D eigenvalue weighted by Gasteiger charge is -2.30. The molecule has 0 bridgehead atoms. The molecule has 2 aliphatic rings. The van der Waals surface area contributed by atoms with Gasteiger partial charge in [-0.05, 0) is 36.9 Å². The quantitative estimate of drug-likeness (QED) is 0.892. The van der Waals surface area contributed by atoms with Crippen molar-refractivity contribution in [2.24, 2.45) is 5.41 Å². The van der Waals surface area contributed by atoms with Gasteiger partial charge in [0.25, 0.3) is 0 Å². The molecule has 1 fully saturated rings. The van der Waals surface area contributed by atoms with Crippen molar-refractivity contribution in [3.05, 3.63) is 29.8 Å². The summed E-state index contributed by atoms with van der Waals surface area (Å²) < 4.78 is 5.71. The van der Waals surface area contributed by atoms with Gasteiger partial charge in [0.05, 0.1) is 6.61 Å². The van der Waals surface area contributed by atoms with E-state index in [4.69, 9.17) is 4.74 Å². The molecule has 2 nitrogen and oxygen atoms in total. The lowest BCUT2D eigenvalue weighted by molar-refractivity contribution is 0.140. The standard InChI is InChI=1S/C16H23NOS/c1-2-17-11-16(7-8-18-12-16)9-13-10-19-15-6-4-3-5-14(13)15/h3-6,13,17H,2,7-12H2,1H3. The fourth-order valence-corrected chi connectivity index (χ4v) is 4.59. The molecule has 0 amide bonds. The number of ether oxygens (including phenoxy) is 1. The second-order valence-corrected chi connectivity index (χ2v) is 6.89. The van der Waals surface area contributed by atoms with Gasteiger partial charge in [0, 0.05) is 29.2 Å². The molecule has 0 saturated carbocycles. The highest BCUT2D eigenvalue weighted by atomic mass is 32.2. The molecule has 2 unspecified atom stereocenters. The Morgan fingerprint density at radius 3 is 3.11 bits per heavy atom. The van der Waals surface area contributed by atoms with E-state index in [-0.39, 0.29) is 0 Å². The monoisotopic (exact) mass is 277 g/mol. The fraction of sp³-hybridized carbons (Fsp3) is 0.625. The van der Waals surface area contributed by atoms with E-state index in [2.05, 4.69) is 36.5 Å². The molecule has 1 aromatic rings. The highest BCUT2D eigenvalue weighted by molar-refractivity contribution is 7.99. The van der Waals surface area contributed by atoms with Gasteiger partial charge in [-0.1, -0.05) is 25.1 Å². The SMILES string of the molecule is CCNCC1(CC2CSc3ccccc32)CCOC1. The van der Waals surface area contributed by atoms with Crippen LogP contribution < -0.4 is 5.32 Å². The van der Waals surface area contributed by atoms with Crippen molar-refractivity contribution < 1.29 is 4.74 Å². The van der Waals surface area contributed by atoms with Gasteiger partial charge in [-0.15, -0.1) is 11.8 Å². The summed E-state index contributed by atoms with van der Waals surface area (Å²) in [6.07, 6.45) is 2.48. The minimum atomic E-state index is 0.360. The molecule has 1 saturated heterocycles.